The van der Waals surface area contributed by atoms with E-state index in [1.807, 2.05) is 6.92 Å². The molecule has 0 aliphatic rings. The van der Waals surface area contributed by atoms with Crippen LogP contribution >= 0.6 is 0 Å². The van der Waals surface area contributed by atoms with Gasteiger partial charge < -0.3 is 0 Å². The highest BCUT2D eigenvalue weighted by Gasteiger charge is 2.31. The van der Waals surface area contributed by atoms with Crippen molar-refractivity contribution in [2.45, 2.75) is 24.4 Å². The lowest BCUT2D eigenvalue weighted by Gasteiger charge is -2.08. The topological polar surface area (TPSA) is 59.1 Å². The van der Waals surface area contributed by atoms with Crippen LogP contribution in [-0.2, 0) is 22.6 Å². The first-order valence-corrected chi connectivity index (χ1v) is 8.25. The maximum atomic E-state index is 12.4. The first kappa shape index (κ1) is 17.4. The molecule has 1 heterocycles. The van der Waals surface area contributed by atoms with Crippen LogP contribution in [0.25, 0.3) is 0 Å². The normalized spacial score (nSPS) is 12.3. The molecule has 0 bridgehead atoms. The molecule has 2 rings (SSSR count). The summed E-state index contributed by atoms with van der Waals surface area (Å²) in [5.41, 5.74) is 0.492. The molecule has 0 aliphatic carbocycles. The number of rotatable bonds is 5. The molecule has 0 atom stereocenters. The molecule has 23 heavy (non-hydrogen) atoms. The molecular weight excluding hydrogens is 329 g/mol. The van der Waals surface area contributed by atoms with Crippen molar-refractivity contribution in [3.8, 4) is 0 Å². The Morgan fingerprint density at radius 1 is 1.09 bits per heavy atom. The fourth-order valence-corrected chi connectivity index (χ4v) is 2.90. The Kier molecular flexibility index (Phi) is 5.06. The zero-order valence-corrected chi connectivity index (χ0v) is 13.1. The van der Waals surface area contributed by atoms with Gasteiger partial charge in [-0.1, -0.05) is 23.8 Å². The number of hydrogen-bond donors (Lipinski definition) is 1. The molecule has 0 spiro atoms. The van der Waals surface area contributed by atoms with Gasteiger partial charge in [0.05, 0.1) is 4.90 Å². The first-order chi connectivity index (χ1) is 10.7. The van der Waals surface area contributed by atoms with E-state index in [1.54, 1.807) is 12.1 Å². The van der Waals surface area contributed by atoms with E-state index in [0.717, 1.165) is 17.8 Å². The maximum Gasteiger partial charge on any atom is 0.433 e. The Morgan fingerprint density at radius 2 is 1.74 bits per heavy atom. The zero-order chi connectivity index (χ0) is 17.1. The third-order valence-corrected chi connectivity index (χ3v) is 4.63. The number of alkyl halides is 3. The van der Waals surface area contributed by atoms with Crippen molar-refractivity contribution in [1.29, 1.82) is 0 Å². The third-order valence-electron chi connectivity index (χ3n) is 3.15. The van der Waals surface area contributed by atoms with Gasteiger partial charge in [0.1, 0.15) is 5.69 Å². The number of aryl methyl sites for hydroxylation is 1. The number of benzene rings is 1. The van der Waals surface area contributed by atoms with Crippen LogP contribution in [0.2, 0.25) is 0 Å². The number of pyridine rings is 1. The fraction of sp³-hybridized carbons (Fsp3) is 0.267. The van der Waals surface area contributed by atoms with Gasteiger partial charge in [0, 0.05) is 12.7 Å². The van der Waals surface area contributed by atoms with Gasteiger partial charge in [-0.3, -0.25) is 4.98 Å². The van der Waals surface area contributed by atoms with Gasteiger partial charge in [0.25, 0.3) is 0 Å². The van der Waals surface area contributed by atoms with Gasteiger partial charge in [-0.05, 0) is 37.1 Å². The van der Waals surface area contributed by atoms with Crippen LogP contribution < -0.4 is 4.72 Å². The number of halogens is 3. The Balaban J connectivity index is 1.95. The molecule has 0 saturated carbocycles. The van der Waals surface area contributed by atoms with Crippen LogP contribution in [0.1, 0.15) is 16.8 Å². The van der Waals surface area contributed by atoms with Gasteiger partial charge in [0.15, 0.2) is 0 Å². The van der Waals surface area contributed by atoms with E-state index < -0.39 is 21.9 Å². The van der Waals surface area contributed by atoms with Crippen molar-refractivity contribution < 1.29 is 21.6 Å². The summed E-state index contributed by atoms with van der Waals surface area (Å²) in [6.45, 7) is 1.92. The molecule has 0 fully saturated rings. The van der Waals surface area contributed by atoms with E-state index in [2.05, 4.69) is 9.71 Å². The van der Waals surface area contributed by atoms with Crippen LogP contribution in [0.15, 0.2) is 47.5 Å². The number of sulfonamides is 1. The van der Waals surface area contributed by atoms with E-state index in [9.17, 15) is 21.6 Å². The summed E-state index contributed by atoms with van der Waals surface area (Å²) in [5.74, 6) is 0. The summed E-state index contributed by atoms with van der Waals surface area (Å²) in [5, 5.41) is 0. The summed E-state index contributed by atoms with van der Waals surface area (Å²) >= 11 is 0. The fourth-order valence-electron chi connectivity index (χ4n) is 1.87. The average Bonchev–Trinajstić information content (AvgIpc) is 2.47. The zero-order valence-electron chi connectivity index (χ0n) is 12.3. The van der Waals surface area contributed by atoms with Crippen molar-refractivity contribution in [2.24, 2.45) is 0 Å². The molecule has 1 aromatic carbocycles. The molecule has 0 amide bonds. The van der Waals surface area contributed by atoms with Crippen molar-refractivity contribution in [2.75, 3.05) is 6.54 Å². The van der Waals surface area contributed by atoms with Gasteiger partial charge >= 0.3 is 6.18 Å². The molecule has 2 aromatic rings. The lowest BCUT2D eigenvalue weighted by Crippen LogP contribution is -2.26. The minimum Gasteiger partial charge on any atom is -0.252 e. The quantitative estimate of drug-likeness (QED) is 0.907. The molecule has 0 saturated heterocycles. The average molecular weight is 344 g/mol. The van der Waals surface area contributed by atoms with Crippen molar-refractivity contribution in [1.82, 2.24) is 9.71 Å². The highest BCUT2D eigenvalue weighted by atomic mass is 32.2. The molecule has 8 heteroatoms. The van der Waals surface area contributed by atoms with Crippen molar-refractivity contribution in [3.05, 3.63) is 59.4 Å². The highest BCUT2D eigenvalue weighted by molar-refractivity contribution is 7.89. The maximum absolute atomic E-state index is 12.4. The Hall–Kier alpha value is -1.93. The number of nitrogens with zero attached hydrogens (tertiary/aromatic N) is 1. The number of nitrogens with one attached hydrogen (secondary N) is 1. The van der Waals surface area contributed by atoms with Gasteiger partial charge in [-0.15, -0.1) is 0 Å². The summed E-state index contributed by atoms with van der Waals surface area (Å²) in [6.07, 6.45) is -3.13. The second-order valence-corrected chi connectivity index (χ2v) is 6.78. The predicted molar refractivity (Wildman–Crippen MR) is 79.3 cm³/mol. The standard InChI is InChI=1S/C15H15F3N2O2S/c1-11-2-5-13(6-3-11)23(21,22)20-9-8-12-4-7-14(19-10-12)15(16,17)18/h2-7,10,20H,8-9H2,1H3. The van der Waals surface area contributed by atoms with E-state index in [4.69, 9.17) is 0 Å². The molecular formula is C15H15F3N2O2S. The monoisotopic (exact) mass is 344 g/mol. The number of aromatic nitrogens is 1. The Bertz CT molecular complexity index is 755. The van der Waals surface area contributed by atoms with E-state index in [-0.39, 0.29) is 17.9 Å². The minimum atomic E-state index is -4.48. The summed E-state index contributed by atoms with van der Waals surface area (Å²) < 4.78 is 63.7. The summed E-state index contributed by atoms with van der Waals surface area (Å²) in [4.78, 5) is 3.48. The summed E-state index contributed by atoms with van der Waals surface area (Å²) in [6, 6.07) is 8.54. The van der Waals surface area contributed by atoms with Crippen LogP contribution in [-0.4, -0.2) is 19.9 Å². The highest BCUT2D eigenvalue weighted by Crippen LogP contribution is 2.27. The molecule has 124 valence electrons. The van der Waals surface area contributed by atoms with E-state index >= 15 is 0 Å². The minimum absolute atomic E-state index is 0.0727. The van der Waals surface area contributed by atoms with Crippen LogP contribution in [0.5, 0.6) is 0 Å². The molecule has 0 radical (unpaired) electrons. The Labute approximate surface area is 132 Å². The van der Waals surface area contributed by atoms with Gasteiger partial charge in [0.2, 0.25) is 10.0 Å². The van der Waals surface area contributed by atoms with E-state index in [0.29, 0.717) is 5.56 Å². The third kappa shape index (κ3) is 4.77. The molecule has 0 unspecified atom stereocenters. The van der Waals surface area contributed by atoms with Crippen LogP contribution in [0.4, 0.5) is 13.2 Å². The second-order valence-electron chi connectivity index (χ2n) is 5.01. The lowest BCUT2D eigenvalue weighted by molar-refractivity contribution is -0.141. The second kappa shape index (κ2) is 6.67. The van der Waals surface area contributed by atoms with Crippen LogP contribution in [0.3, 0.4) is 0 Å². The molecule has 4 nitrogen and oxygen atoms in total. The van der Waals surface area contributed by atoms with Crippen molar-refractivity contribution in [3.63, 3.8) is 0 Å². The SMILES string of the molecule is Cc1ccc(S(=O)(=O)NCCc2ccc(C(F)(F)F)nc2)cc1. The lowest BCUT2D eigenvalue weighted by atomic mass is 10.2. The summed E-state index contributed by atoms with van der Waals surface area (Å²) in [7, 11) is -3.63. The van der Waals surface area contributed by atoms with Crippen LogP contribution in [0, 0.1) is 6.92 Å². The first-order valence-electron chi connectivity index (χ1n) is 6.77. The van der Waals surface area contributed by atoms with Crippen molar-refractivity contribution >= 4 is 10.0 Å². The largest absolute Gasteiger partial charge is 0.433 e. The van der Waals surface area contributed by atoms with Gasteiger partial charge in [-0.2, -0.15) is 13.2 Å². The molecule has 1 N–H and O–H groups in total. The van der Waals surface area contributed by atoms with E-state index in [1.165, 1.54) is 18.2 Å². The molecule has 1 aromatic heterocycles. The molecule has 0 aliphatic heterocycles. The van der Waals surface area contributed by atoms with Gasteiger partial charge in [-0.25, -0.2) is 13.1 Å². The Morgan fingerprint density at radius 3 is 2.26 bits per heavy atom. The smallest absolute Gasteiger partial charge is 0.252 e. The number of hydrogen-bond acceptors (Lipinski definition) is 3. The predicted octanol–water partition coefficient (Wildman–Crippen LogP) is 2.93.